The maximum Gasteiger partial charge on any atom is 0.157 e. The highest BCUT2D eigenvalue weighted by molar-refractivity contribution is 7.81. The summed E-state index contributed by atoms with van der Waals surface area (Å²) in [6.45, 7) is 5.99. The van der Waals surface area contributed by atoms with Crippen molar-refractivity contribution in [2.45, 2.75) is 63.4 Å². The van der Waals surface area contributed by atoms with Crippen molar-refractivity contribution in [3.8, 4) is 0 Å². The van der Waals surface area contributed by atoms with E-state index in [1.807, 2.05) is 0 Å². The molecule has 0 bridgehead atoms. The molecule has 1 atom stereocenters. The van der Waals surface area contributed by atoms with Gasteiger partial charge in [0, 0.05) is 4.75 Å². The maximum atomic E-state index is 5.40. The zero-order valence-electron chi connectivity index (χ0n) is 10.00. The first kappa shape index (κ1) is 13.3. The molecule has 15 heavy (non-hydrogen) atoms. The Hall–Kier alpha value is 0.270. The van der Waals surface area contributed by atoms with E-state index in [9.17, 15) is 0 Å². The van der Waals surface area contributed by atoms with Gasteiger partial charge in [0.25, 0.3) is 0 Å². The van der Waals surface area contributed by atoms with E-state index in [4.69, 9.17) is 22.1 Å². The second-order valence-electron chi connectivity index (χ2n) is 4.66. The highest BCUT2D eigenvalue weighted by Gasteiger charge is 2.20. The van der Waals surface area contributed by atoms with Crippen LogP contribution < -0.4 is 0 Å². The molecule has 0 aromatic carbocycles. The van der Waals surface area contributed by atoms with Crippen LogP contribution in [0.25, 0.3) is 0 Å². The van der Waals surface area contributed by atoms with E-state index in [0.29, 0.717) is 0 Å². The third-order valence-electron chi connectivity index (χ3n) is 2.91. The van der Waals surface area contributed by atoms with Crippen LogP contribution in [0.15, 0.2) is 0 Å². The summed E-state index contributed by atoms with van der Waals surface area (Å²) >= 11 is 4.72. The maximum absolute atomic E-state index is 5.40. The summed E-state index contributed by atoms with van der Waals surface area (Å²) in [6, 6.07) is 0. The molecule has 0 N–H and O–H groups in total. The first-order chi connectivity index (χ1) is 7.14. The van der Waals surface area contributed by atoms with Crippen molar-refractivity contribution < 1.29 is 9.47 Å². The van der Waals surface area contributed by atoms with Gasteiger partial charge in [0.15, 0.2) is 6.29 Å². The Morgan fingerprint density at radius 1 is 1.20 bits per heavy atom. The largest absolute Gasteiger partial charge is 0.350 e. The Labute approximate surface area is 99.1 Å². The summed E-state index contributed by atoms with van der Waals surface area (Å²) in [6.07, 6.45) is 7.11. The third kappa shape index (κ3) is 5.79. The lowest BCUT2D eigenvalue weighted by molar-refractivity contribution is -0.0482. The van der Waals surface area contributed by atoms with Crippen molar-refractivity contribution in [1.29, 1.82) is 0 Å². The summed E-state index contributed by atoms with van der Waals surface area (Å²) in [4.78, 5) is 0. The van der Waals surface area contributed by atoms with Crippen molar-refractivity contribution in [1.82, 2.24) is 0 Å². The van der Waals surface area contributed by atoms with Gasteiger partial charge in [-0.3, -0.25) is 0 Å². The predicted molar refractivity (Wildman–Crippen MR) is 66.5 cm³/mol. The van der Waals surface area contributed by atoms with Crippen molar-refractivity contribution >= 4 is 12.6 Å². The number of ether oxygens (including phenoxy) is 2. The molecule has 90 valence electrons. The van der Waals surface area contributed by atoms with Crippen LogP contribution in [0.1, 0.15) is 52.4 Å². The van der Waals surface area contributed by atoms with E-state index in [0.717, 1.165) is 32.5 Å². The summed E-state index contributed by atoms with van der Waals surface area (Å²) in [5.41, 5.74) is 0. The zero-order valence-corrected chi connectivity index (χ0v) is 10.9. The topological polar surface area (TPSA) is 18.5 Å². The molecule has 2 nitrogen and oxygen atoms in total. The lowest BCUT2D eigenvalue weighted by Crippen LogP contribution is -2.17. The standard InChI is InChI=1S/C12H24O2S/c1-3-4-7-12(2,15)8-5-6-11-13-9-10-14-11/h11,15H,3-10H2,1-2H3. The molecule has 0 amide bonds. The van der Waals surface area contributed by atoms with E-state index < -0.39 is 0 Å². The van der Waals surface area contributed by atoms with Crippen molar-refractivity contribution in [3.05, 3.63) is 0 Å². The zero-order chi connectivity index (χ0) is 11.1. The van der Waals surface area contributed by atoms with Gasteiger partial charge in [-0.15, -0.1) is 0 Å². The van der Waals surface area contributed by atoms with Crippen LogP contribution in [0.2, 0.25) is 0 Å². The molecule has 1 fully saturated rings. The highest BCUT2D eigenvalue weighted by Crippen LogP contribution is 2.28. The Kier molecular flexibility index (Phi) is 6.02. The quantitative estimate of drug-likeness (QED) is 0.678. The molecule has 0 saturated carbocycles. The fraction of sp³-hybridized carbons (Fsp3) is 1.00. The molecule has 3 heteroatoms. The minimum absolute atomic E-state index is 0.0558. The smallest absolute Gasteiger partial charge is 0.157 e. The van der Waals surface area contributed by atoms with Gasteiger partial charge in [0.05, 0.1) is 13.2 Å². The summed E-state index contributed by atoms with van der Waals surface area (Å²) < 4.78 is 11.0. The molecular weight excluding hydrogens is 208 g/mol. The molecule has 0 radical (unpaired) electrons. The van der Waals surface area contributed by atoms with Gasteiger partial charge in [-0.25, -0.2) is 0 Å². The molecule has 0 aromatic heterocycles. The number of unbranched alkanes of at least 4 members (excludes halogenated alkanes) is 1. The van der Waals surface area contributed by atoms with Crippen LogP contribution >= 0.6 is 12.6 Å². The minimum atomic E-state index is 0.0558. The van der Waals surface area contributed by atoms with Gasteiger partial charge < -0.3 is 9.47 Å². The van der Waals surface area contributed by atoms with Crippen LogP contribution in [0.4, 0.5) is 0 Å². The van der Waals surface area contributed by atoms with E-state index in [1.54, 1.807) is 0 Å². The van der Waals surface area contributed by atoms with E-state index in [1.165, 1.54) is 19.3 Å². The monoisotopic (exact) mass is 232 g/mol. The third-order valence-corrected chi connectivity index (χ3v) is 3.36. The molecule has 1 rings (SSSR count). The van der Waals surface area contributed by atoms with Gasteiger partial charge in [-0.2, -0.15) is 12.6 Å². The van der Waals surface area contributed by atoms with E-state index in [2.05, 4.69) is 13.8 Å². The van der Waals surface area contributed by atoms with E-state index >= 15 is 0 Å². The Morgan fingerprint density at radius 2 is 1.80 bits per heavy atom. The average molecular weight is 232 g/mol. The van der Waals surface area contributed by atoms with Crippen LogP contribution in [0.3, 0.4) is 0 Å². The second kappa shape index (κ2) is 6.77. The highest BCUT2D eigenvalue weighted by atomic mass is 32.1. The van der Waals surface area contributed by atoms with Crippen LogP contribution in [0, 0.1) is 0 Å². The first-order valence-electron chi connectivity index (χ1n) is 6.09. The molecular formula is C12H24O2S. The Balaban J connectivity index is 2.06. The van der Waals surface area contributed by atoms with E-state index in [-0.39, 0.29) is 11.0 Å². The molecule has 0 aromatic rings. The molecule has 1 saturated heterocycles. The molecule has 1 heterocycles. The number of thiol groups is 1. The molecule has 1 aliphatic rings. The number of rotatable bonds is 7. The summed E-state index contributed by atoms with van der Waals surface area (Å²) in [5, 5.41) is 0. The first-order valence-corrected chi connectivity index (χ1v) is 6.54. The fourth-order valence-electron chi connectivity index (χ4n) is 1.91. The van der Waals surface area contributed by atoms with Gasteiger partial charge in [-0.1, -0.05) is 26.7 Å². The van der Waals surface area contributed by atoms with Gasteiger partial charge in [-0.05, 0) is 25.7 Å². The van der Waals surface area contributed by atoms with Gasteiger partial charge >= 0.3 is 0 Å². The normalized spacial score (nSPS) is 21.8. The lowest BCUT2D eigenvalue weighted by Gasteiger charge is -2.23. The Morgan fingerprint density at radius 3 is 2.40 bits per heavy atom. The predicted octanol–water partition coefficient (Wildman–Crippen LogP) is 3.41. The fourth-order valence-corrected chi connectivity index (χ4v) is 2.22. The molecule has 0 spiro atoms. The van der Waals surface area contributed by atoms with Crippen molar-refractivity contribution in [2.24, 2.45) is 0 Å². The van der Waals surface area contributed by atoms with Crippen LogP contribution in [-0.4, -0.2) is 24.3 Å². The number of hydrogen-bond acceptors (Lipinski definition) is 3. The van der Waals surface area contributed by atoms with Gasteiger partial charge in [0.2, 0.25) is 0 Å². The molecule has 1 unspecified atom stereocenters. The van der Waals surface area contributed by atoms with Gasteiger partial charge in [0.1, 0.15) is 0 Å². The SMILES string of the molecule is CCCCC(C)(S)CCCC1OCCO1. The Bertz CT molecular complexity index is 165. The minimum Gasteiger partial charge on any atom is -0.350 e. The van der Waals surface area contributed by atoms with Crippen molar-refractivity contribution in [2.75, 3.05) is 13.2 Å². The van der Waals surface area contributed by atoms with Crippen molar-refractivity contribution in [3.63, 3.8) is 0 Å². The summed E-state index contributed by atoms with van der Waals surface area (Å²) in [5.74, 6) is 0. The second-order valence-corrected chi connectivity index (χ2v) is 5.74. The number of hydrogen-bond donors (Lipinski definition) is 1. The van der Waals surface area contributed by atoms with Crippen LogP contribution in [-0.2, 0) is 9.47 Å². The van der Waals surface area contributed by atoms with Crippen LogP contribution in [0.5, 0.6) is 0 Å². The molecule has 0 aliphatic carbocycles. The summed E-state index contributed by atoms with van der Waals surface area (Å²) in [7, 11) is 0. The lowest BCUT2D eigenvalue weighted by atomic mass is 9.97. The average Bonchev–Trinajstić information content (AvgIpc) is 2.67. The molecule has 1 aliphatic heterocycles.